The lowest BCUT2D eigenvalue weighted by Gasteiger charge is -2.12. The second kappa shape index (κ2) is 7.14. The number of ether oxygens (including phenoxy) is 1. The van der Waals surface area contributed by atoms with Gasteiger partial charge in [-0.05, 0) is 55.0 Å². The summed E-state index contributed by atoms with van der Waals surface area (Å²) in [6.45, 7) is 1.79. The molecular formula is C22H20N4O3S. The summed E-state index contributed by atoms with van der Waals surface area (Å²) in [5.41, 5.74) is 12.1. The molecule has 0 radical (unpaired) electrons. The highest BCUT2D eigenvalue weighted by Crippen LogP contribution is 2.44. The second-order valence-electron chi connectivity index (χ2n) is 7.31. The molecule has 0 atom stereocenters. The van der Waals surface area contributed by atoms with E-state index in [1.807, 2.05) is 24.3 Å². The van der Waals surface area contributed by atoms with Gasteiger partial charge >= 0.3 is 0 Å². The average molecular weight is 420 g/mol. The molecule has 0 unspecified atom stereocenters. The number of hydrogen-bond acceptors (Lipinski definition) is 7. The molecule has 0 saturated heterocycles. The first-order valence-corrected chi connectivity index (χ1v) is 10.5. The van der Waals surface area contributed by atoms with Crippen LogP contribution in [0.1, 0.15) is 33.0 Å². The fourth-order valence-electron chi connectivity index (χ4n) is 3.98. The van der Waals surface area contributed by atoms with Gasteiger partial charge in [-0.25, -0.2) is 4.98 Å². The molecule has 4 aromatic rings. The standard InChI is InChI=1S/C22H20N4O3S/c1-11-10-16(29-26-11)25-21(27)20-19(23)18-17(12-6-8-13(28-2)9-7-12)14-4-3-5-15(14)24-22(18)30-20/h6-10H,3-5,23H2,1-2H3,(H,25,27). The van der Waals surface area contributed by atoms with Gasteiger partial charge in [-0.2, -0.15) is 0 Å². The maximum absolute atomic E-state index is 12.9. The van der Waals surface area contributed by atoms with E-state index in [1.54, 1.807) is 20.1 Å². The third kappa shape index (κ3) is 3.00. The first kappa shape index (κ1) is 18.6. The average Bonchev–Trinajstić information content (AvgIpc) is 3.46. The highest BCUT2D eigenvalue weighted by atomic mass is 32.1. The van der Waals surface area contributed by atoms with Crippen molar-refractivity contribution in [3.63, 3.8) is 0 Å². The number of amides is 1. The van der Waals surface area contributed by atoms with Crippen LogP contribution in [-0.2, 0) is 12.8 Å². The lowest BCUT2D eigenvalue weighted by atomic mass is 9.95. The second-order valence-corrected chi connectivity index (χ2v) is 8.30. The van der Waals surface area contributed by atoms with E-state index in [1.165, 1.54) is 16.9 Å². The van der Waals surface area contributed by atoms with E-state index in [0.29, 0.717) is 22.1 Å². The van der Waals surface area contributed by atoms with Gasteiger partial charge in [0.2, 0.25) is 5.88 Å². The maximum atomic E-state index is 12.9. The number of aromatic nitrogens is 2. The number of nitrogen functional groups attached to an aromatic ring is 1. The quantitative estimate of drug-likeness (QED) is 0.500. The number of anilines is 2. The van der Waals surface area contributed by atoms with Crippen LogP contribution in [0, 0.1) is 6.92 Å². The van der Waals surface area contributed by atoms with E-state index in [-0.39, 0.29) is 5.91 Å². The molecule has 0 fully saturated rings. The Kier molecular flexibility index (Phi) is 4.43. The number of aryl methyl sites for hydroxylation is 2. The zero-order chi connectivity index (χ0) is 20.8. The monoisotopic (exact) mass is 420 g/mol. The Morgan fingerprint density at radius 1 is 1.27 bits per heavy atom. The summed E-state index contributed by atoms with van der Waals surface area (Å²) < 4.78 is 10.4. The molecular weight excluding hydrogens is 400 g/mol. The number of thiophene rings is 1. The lowest BCUT2D eigenvalue weighted by Crippen LogP contribution is -2.11. The van der Waals surface area contributed by atoms with Crippen molar-refractivity contribution < 1.29 is 14.1 Å². The lowest BCUT2D eigenvalue weighted by molar-refractivity contribution is 0.102. The van der Waals surface area contributed by atoms with Crippen LogP contribution in [-0.4, -0.2) is 23.2 Å². The molecule has 3 heterocycles. The highest BCUT2D eigenvalue weighted by molar-refractivity contribution is 7.21. The smallest absolute Gasteiger partial charge is 0.270 e. The number of carbonyl (C=O) groups is 1. The number of nitrogens with one attached hydrogen (secondary N) is 1. The van der Waals surface area contributed by atoms with Gasteiger partial charge < -0.3 is 15.0 Å². The number of nitrogens with zero attached hydrogens (tertiary/aromatic N) is 2. The third-order valence-corrected chi connectivity index (χ3v) is 6.45. The van der Waals surface area contributed by atoms with Crippen LogP contribution >= 0.6 is 11.3 Å². The van der Waals surface area contributed by atoms with Gasteiger partial charge in [0, 0.05) is 17.1 Å². The summed E-state index contributed by atoms with van der Waals surface area (Å²) in [4.78, 5) is 18.9. The summed E-state index contributed by atoms with van der Waals surface area (Å²) in [5.74, 6) is 0.758. The van der Waals surface area contributed by atoms with Crippen LogP contribution in [0.25, 0.3) is 21.3 Å². The Hall–Kier alpha value is -3.39. The molecule has 152 valence electrons. The molecule has 30 heavy (non-hydrogen) atoms. The SMILES string of the molecule is COc1ccc(-c2c3c(nc4sc(C(=O)Nc5cc(C)no5)c(N)c24)CCC3)cc1. The molecule has 1 amide bonds. The van der Waals surface area contributed by atoms with E-state index in [0.717, 1.165) is 52.0 Å². The minimum Gasteiger partial charge on any atom is -0.497 e. The number of methoxy groups -OCH3 is 1. The van der Waals surface area contributed by atoms with Gasteiger partial charge in [0.15, 0.2) is 0 Å². The van der Waals surface area contributed by atoms with E-state index < -0.39 is 0 Å². The van der Waals surface area contributed by atoms with Crippen LogP contribution in [0.2, 0.25) is 0 Å². The molecule has 7 nitrogen and oxygen atoms in total. The van der Waals surface area contributed by atoms with E-state index in [2.05, 4.69) is 10.5 Å². The van der Waals surface area contributed by atoms with Crippen molar-refractivity contribution in [2.75, 3.05) is 18.2 Å². The number of pyridine rings is 1. The van der Waals surface area contributed by atoms with Crippen molar-refractivity contribution in [3.8, 4) is 16.9 Å². The summed E-state index contributed by atoms with van der Waals surface area (Å²) >= 11 is 1.31. The van der Waals surface area contributed by atoms with E-state index in [4.69, 9.17) is 20.0 Å². The Bertz CT molecular complexity index is 1270. The van der Waals surface area contributed by atoms with E-state index >= 15 is 0 Å². The Morgan fingerprint density at radius 3 is 2.77 bits per heavy atom. The number of benzene rings is 1. The van der Waals surface area contributed by atoms with Crippen molar-refractivity contribution in [2.24, 2.45) is 0 Å². The number of fused-ring (bicyclic) bond motifs is 2. The molecule has 3 N–H and O–H groups in total. The van der Waals surface area contributed by atoms with Crippen LogP contribution in [0.15, 0.2) is 34.9 Å². The third-order valence-electron chi connectivity index (χ3n) is 5.35. The summed E-state index contributed by atoms with van der Waals surface area (Å²) in [6.07, 6.45) is 2.96. The predicted molar refractivity (Wildman–Crippen MR) is 117 cm³/mol. The Labute approximate surface area is 176 Å². The molecule has 1 aliphatic carbocycles. The summed E-state index contributed by atoms with van der Waals surface area (Å²) in [6, 6.07) is 9.59. The molecule has 8 heteroatoms. The number of nitrogens with two attached hydrogens (primary N) is 1. The minimum absolute atomic E-state index is 0.292. The molecule has 0 bridgehead atoms. The zero-order valence-electron chi connectivity index (χ0n) is 16.6. The molecule has 1 aromatic carbocycles. The van der Waals surface area contributed by atoms with Gasteiger partial charge in [-0.15, -0.1) is 11.3 Å². The van der Waals surface area contributed by atoms with Crippen molar-refractivity contribution in [2.45, 2.75) is 26.2 Å². The number of rotatable bonds is 4. The van der Waals surface area contributed by atoms with Crippen molar-refractivity contribution in [1.29, 1.82) is 0 Å². The van der Waals surface area contributed by atoms with Crippen LogP contribution in [0.5, 0.6) is 5.75 Å². The van der Waals surface area contributed by atoms with Crippen LogP contribution in [0.3, 0.4) is 0 Å². The van der Waals surface area contributed by atoms with Crippen LogP contribution < -0.4 is 15.8 Å². The first-order valence-electron chi connectivity index (χ1n) is 9.68. The number of carbonyl (C=O) groups excluding carboxylic acids is 1. The van der Waals surface area contributed by atoms with Gasteiger partial charge in [-0.1, -0.05) is 17.3 Å². The molecule has 1 aliphatic rings. The summed E-state index contributed by atoms with van der Waals surface area (Å²) in [5, 5.41) is 7.37. The predicted octanol–water partition coefficient (Wildman–Crippen LogP) is 4.59. The van der Waals surface area contributed by atoms with Gasteiger partial charge in [0.25, 0.3) is 5.91 Å². The topological polar surface area (TPSA) is 103 Å². The molecule has 0 spiro atoms. The minimum atomic E-state index is -0.326. The van der Waals surface area contributed by atoms with E-state index in [9.17, 15) is 4.79 Å². The zero-order valence-corrected chi connectivity index (χ0v) is 17.4. The van der Waals surface area contributed by atoms with Crippen molar-refractivity contribution >= 4 is 39.0 Å². The van der Waals surface area contributed by atoms with Crippen molar-refractivity contribution in [3.05, 3.63) is 52.2 Å². The van der Waals surface area contributed by atoms with Gasteiger partial charge in [0.1, 0.15) is 15.5 Å². The van der Waals surface area contributed by atoms with Crippen molar-refractivity contribution in [1.82, 2.24) is 10.1 Å². The highest BCUT2D eigenvalue weighted by Gasteiger charge is 2.27. The summed E-state index contributed by atoms with van der Waals surface area (Å²) in [7, 11) is 1.65. The maximum Gasteiger partial charge on any atom is 0.270 e. The fraction of sp³-hybridized carbons (Fsp3) is 0.227. The largest absolute Gasteiger partial charge is 0.497 e. The molecule has 0 aliphatic heterocycles. The van der Waals surface area contributed by atoms with Crippen LogP contribution in [0.4, 0.5) is 11.6 Å². The first-order chi connectivity index (χ1) is 14.5. The van der Waals surface area contributed by atoms with Gasteiger partial charge in [0.05, 0.1) is 18.5 Å². The molecule has 3 aromatic heterocycles. The Balaban J connectivity index is 1.66. The molecule has 0 saturated carbocycles. The molecule has 5 rings (SSSR count). The fourth-order valence-corrected chi connectivity index (χ4v) is 5.00. The normalized spacial score (nSPS) is 12.9. The number of hydrogen-bond donors (Lipinski definition) is 2. The van der Waals surface area contributed by atoms with Gasteiger partial charge in [-0.3, -0.25) is 10.1 Å². The Morgan fingerprint density at radius 2 is 2.07 bits per heavy atom.